The summed E-state index contributed by atoms with van der Waals surface area (Å²) < 4.78 is 0. The summed E-state index contributed by atoms with van der Waals surface area (Å²) >= 11 is 0. The summed E-state index contributed by atoms with van der Waals surface area (Å²) in [6.45, 7) is 4.64. The van der Waals surface area contributed by atoms with Gasteiger partial charge in [-0.15, -0.1) is 0 Å². The Morgan fingerprint density at radius 2 is 2.07 bits per heavy atom. The number of carbonyl (C=O) groups excluding carboxylic acids is 3. The van der Waals surface area contributed by atoms with Crippen LogP contribution >= 0.6 is 0 Å². The molecule has 2 aliphatic rings. The summed E-state index contributed by atoms with van der Waals surface area (Å²) in [6, 6.07) is 7.28. The summed E-state index contributed by atoms with van der Waals surface area (Å²) in [6.07, 6.45) is 6.66. The molecule has 0 bridgehead atoms. The van der Waals surface area contributed by atoms with Crippen molar-refractivity contribution in [3.8, 4) is 0 Å². The number of aryl methyl sites for hydroxylation is 1. The summed E-state index contributed by atoms with van der Waals surface area (Å²) in [5.41, 5.74) is 0.947. The first-order valence-corrected chi connectivity index (χ1v) is 10.5. The zero-order valence-corrected chi connectivity index (χ0v) is 16.9. The van der Waals surface area contributed by atoms with Crippen LogP contribution in [0.1, 0.15) is 63.5 Å². The predicted molar refractivity (Wildman–Crippen MR) is 108 cm³/mol. The van der Waals surface area contributed by atoms with Gasteiger partial charge in [0.2, 0.25) is 5.91 Å². The summed E-state index contributed by atoms with van der Waals surface area (Å²) in [7, 11) is 0. The van der Waals surface area contributed by atoms with Crippen molar-refractivity contribution in [2.75, 3.05) is 13.1 Å². The molecule has 1 aromatic rings. The Balaban J connectivity index is 1.66. The lowest BCUT2D eigenvalue weighted by Crippen LogP contribution is -2.47. The molecule has 1 fully saturated rings. The average Bonchev–Trinajstić information content (AvgIpc) is 2.93. The number of hydrogen-bond donors (Lipinski definition) is 2. The normalized spacial score (nSPS) is 22.1. The van der Waals surface area contributed by atoms with Crippen molar-refractivity contribution in [3.05, 3.63) is 35.4 Å². The Hall–Kier alpha value is -2.37. The molecule has 2 atom stereocenters. The molecular formula is C22H31N3O3. The number of benzene rings is 1. The number of rotatable bonds is 8. The molecule has 1 aliphatic heterocycles. The zero-order chi connectivity index (χ0) is 20.1. The quantitative estimate of drug-likeness (QED) is 0.675. The lowest BCUT2D eigenvalue weighted by molar-refractivity contribution is -0.135. The van der Waals surface area contributed by atoms with E-state index in [1.165, 1.54) is 0 Å². The molecule has 0 aromatic heterocycles. The Morgan fingerprint density at radius 1 is 1.29 bits per heavy atom. The molecule has 6 nitrogen and oxygen atoms in total. The first kappa shape index (κ1) is 20.4. The number of hydrogen-bond acceptors (Lipinski definition) is 3. The van der Waals surface area contributed by atoms with Crippen LogP contribution in [0.15, 0.2) is 24.3 Å². The van der Waals surface area contributed by atoms with Gasteiger partial charge in [-0.1, -0.05) is 57.4 Å². The van der Waals surface area contributed by atoms with Crippen LogP contribution in [-0.4, -0.2) is 35.8 Å². The van der Waals surface area contributed by atoms with Crippen molar-refractivity contribution in [2.45, 2.75) is 64.3 Å². The van der Waals surface area contributed by atoms with Gasteiger partial charge in [-0.05, 0) is 42.7 Å². The van der Waals surface area contributed by atoms with Gasteiger partial charge in [-0.25, -0.2) is 4.79 Å². The molecule has 28 heavy (non-hydrogen) atoms. The Bertz CT molecular complexity index is 748. The maximum Gasteiger partial charge on any atom is 0.325 e. The molecule has 1 heterocycles. The van der Waals surface area contributed by atoms with Crippen molar-refractivity contribution in [1.82, 2.24) is 15.5 Å². The van der Waals surface area contributed by atoms with E-state index in [1.54, 1.807) is 0 Å². The Morgan fingerprint density at radius 3 is 2.82 bits per heavy atom. The average molecular weight is 386 g/mol. The van der Waals surface area contributed by atoms with Crippen LogP contribution in [0.2, 0.25) is 0 Å². The van der Waals surface area contributed by atoms with Gasteiger partial charge in [0.05, 0.1) is 0 Å². The molecule has 3 rings (SSSR count). The number of imide groups is 1. The highest BCUT2D eigenvalue weighted by Crippen LogP contribution is 2.39. The molecule has 4 amide bonds. The molecule has 2 N–H and O–H groups in total. The van der Waals surface area contributed by atoms with E-state index in [1.807, 2.05) is 24.3 Å². The van der Waals surface area contributed by atoms with Crippen molar-refractivity contribution in [2.24, 2.45) is 5.92 Å². The minimum Gasteiger partial charge on any atom is -0.354 e. The number of carbonyl (C=O) groups is 3. The van der Waals surface area contributed by atoms with E-state index >= 15 is 0 Å². The highest BCUT2D eigenvalue weighted by molar-refractivity contribution is 6.09. The van der Waals surface area contributed by atoms with Crippen LogP contribution < -0.4 is 10.6 Å². The molecular weight excluding hydrogens is 354 g/mol. The van der Waals surface area contributed by atoms with E-state index < -0.39 is 11.6 Å². The van der Waals surface area contributed by atoms with E-state index in [-0.39, 0.29) is 18.4 Å². The third-order valence-electron chi connectivity index (χ3n) is 6.08. The molecule has 0 saturated carbocycles. The second-order valence-corrected chi connectivity index (χ2v) is 7.96. The van der Waals surface area contributed by atoms with Crippen molar-refractivity contribution in [1.29, 1.82) is 0 Å². The van der Waals surface area contributed by atoms with Gasteiger partial charge in [-0.2, -0.15) is 0 Å². The SMILES string of the molecule is CCCC[C@H](CC)CNC(=O)CN1C(=O)N[C@@]2(CCCc3ccccc32)C1=O. The molecule has 1 saturated heterocycles. The van der Waals surface area contributed by atoms with Gasteiger partial charge in [0.25, 0.3) is 5.91 Å². The fourth-order valence-corrected chi connectivity index (χ4v) is 4.36. The standard InChI is InChI=1S/C22H31N3O3/c1-3-5-9-16(4-2)14-23-19(26)15-25-20(27)22(24-21(25)28)13-8-11-17-10-6-7-12-18(17)22/h6-7,10,12,16H,3-5,8-9,11,13-15H2,1-2H3,(H,23,26)(H,24,28)/t16-,22+/m0/s1. The fraction of sp³-hybridized carbons (Fsp3) is 0.591. The molecule has 1 spiro atoms. The number of nitrogens with zero attached hydrogens (tertiary/aromatic N) is 1. The highest BCUT2D eigenvalue weighted by atomic mass is 16.2. The molecule has 1 aromatic carbocycles. The largest absolute Gasteiger partial charge is 0.354 e. The van der Waals surface area contributed by atoms with Crippen molar-refractivity contribution >= 4 is 17.8 Å². The van der Waals surface area contributed by atoms with Crippen LogP contribution in [0.3, 0.4) is 0 Å². The minimum absolute atomic E-state index is 0.223. The minimum atomic E-state index is -1.01. The van der Waals surface area contributed by atoms with E-state index in [0.29, 0.717) is 18.9 Å². The maximum atomic E-state index is 13.2. The van der Waals surface area contributed by atoms with Crippen LogP contribution in [-0.2, 0) is 21.5 Å². The van der Waals surface area contributed by atoms with Gasteiger partial charge >= 0.3 is 6.03 Å². The van der Waals surface area contributed by atoms with Gasteiger partial charge in [-0.3, -0.25) is 14.5 Å². The lowest BCUT2D eigenvalue weighted by atomic mass is 9.76. The first-order chi connectivity index (χ1) is 13.5. The Kier molecular flexibility index (Phi) is 6.37. The predicted octanol–water partition coefficient (Wildman–Crippen LogP) is 3.10. The third-order valence-corrected chi connectivity index (χ3v) is 6.08. The second kappa shape index (κ2) is 8.76. The Labute approximate surface area is 167 Å². The van der Waals surface area contributed by atoms with E-state index in [0.717, 1.165) is 54.6 Å². The van der Waals surface area contributed by atoms with Crippen molar-refractivity contribution < 1.29 is 14.4 Å². The van der Waals surface area contributed by atoms with Crippen LogP contribution in [0.25, 0.3) is 0 Å². The summed E-state index contributed by atoms with van der Waals surface area (Å²) in [5, 5.41) is 5.80. The van der Waals surface area contributed by atoms with Gasteiger partial charge in [0, 0.05) is 6.54 Å². The number of nitrogens with one attached hydrogen (secondary N) is 2. The highest BCUT2D eigenvalue weighted by Gasteiger charge is 2.54. The van der Waals surface area contributed by atoms with E-state index in [4.69, 9.17) is 0 Å². The molecule has 1 aliphatic carbocycles. The second-order valence-electron chi connectivity index (χ2n) is 7.96. The number of urea groups is 1. The van der Waals surface area contributed by atoms with Crippen molar-refractivity contribution in [3.63, 3.8) is 0 Å². The third kappa shape index (κ3) is 3.91. The van der Waals surface area contributed by atoms with Gasteiger partial charge in [0.15, 0.2) is 0 Å². The summed E-state index contributed by atoms with van der Waals surface area (Å²) in [5.74, 6) is -0.152. The van der Waals surface area contributed by atoms with Crippen LogP contribution in [0.5, 0.6) is 0 Å². The lowest BCUT2D eigenvalue weighted by Gasteiger charge is -2.33. The smallest absolute Gasteiger partial charge is 0.325 e. The van der Waals surface area contributed by atoms with E-state index in [9.17, 15) is 14.4 Å². The molecule has 6 heteroatoms. The number of amides is 4. The number of fused-ring (bicyclic) bond motifs is 2. The van der Waals surface area contributed by atoms with Gasteiger partial charge in [0.1, 0.15) is 12.1 Å². The molecule has 152 valence electrons. The molecule has 0 unspecified atom stereocenters. The van der Waals surface area contributed by atoms with Gasteiger partial charge < -0.3 is 10.6 Å². The zero-order valence-electron chi connectivity index (χ0n) is 16.9. The molecule has 0 radical (unpaired) electrons. The number of unbranched alkanes of at least 4 members (excludes halogenated alkanes) is 1. The monoisotopic (exact) mass is 385 g/mol. The fourth-order valence-electron chi connectivity index (χ4n) is 4.36. The van der Waals surface area contributed by atoms with E-state index in [2.05, 4.69) is 24.5 Å². The van der Waals surface area contributed by atoms with Crippen LogP contribution in [0.4, 0.5) is 4.79 Å². The first-order valence-electron chi connectivity index (χ1n) is 10.5. The maximum absolute atomic E-state index is 13.2. The van der Waals surface area contributed by atoms with Crippen LogP contribution in [0, 0.1) is 5.92 Å². The topological polar surface area (TPSA) is 78.5 Å². The summed E-state index contributed by atoms with van der Waals surface area (Å²) in [4.78, 5) is 39.2.